The second kappa shape index (κ2) is 5.08. The molecule has 110 valence electrons. The van der Waals surface area contributed by atoms with Gasteiger partial charge in [0.1, 0.15) is 5.56 Å². The van der Waals surface area contributed by atoms with Crippen LogP contribution in [0.1, 0.15) is 21.6 Å². The van der Waals surface area contributed by atoms with Gasteiger partial charge < -0.3 is 5.11 Å². The van der Waals surface area contributed by atoms with Gasteiger partial charge in [0.15, 0.2) is 0 Å². The number of aromatic carboxylic acids is 1. The molecule has 1 aromatic heterocycles. The molecule has 0 unspecified atom stereocenters. The first kappa shape index (κ1) is 14.8. The van der Waals surface area contributed by atoms with Crippen LogP contribution in [0.15, 0.2) is 41.2 Å². The second-order valence-electron chi connectivity index (χ2n) is 4.38. The number of carboxylic acid groups (broad SMARTS) is 1. The van der Waals surface area contributed by atoms with Crippen LogP contribution in [0.5, 0.6) is 0 Å². The third-order valence-electron chi connectivity index (χ3n) is 2.96. The standard InChI is InChI=1S/C14H10F3NO3/c1-8-2-7-11(13(20)21)12(19)18(8)10-5-3-9(4-6-10)14(15,16)17/h2-7H,1H3,(H,20,21). The number of aryl methyl sites for hydroxylation is 1. The van der Waals surface area contributed by atoms with E-state index in [9.17, 15) is 22.8 Å². The SMILES string of the molecule is Cc1ccc(C(=O)O)c(=O)n1-c1ccc(C(F)(F)F)cc1. The topological polar surface area (TPSA) is 59.3 Å². The first-order valence-electron chi connectivity index (χ1n) is 5.85. The van der Waals surface area contributed by atoms with Crippen molar-refractivity contribution >= 4 is 5.97 Å². The molecular weight excluding hydrogens is 287 g/mol. The zero-order chi connectivity index (χ0) is 15.8. The number of pyridine rings is 1. The number of rotatable bonds is 2. The lowest BCUT2D eigenvalue weighted by molar-refractivity contribution is -0.137. The molecule has 0 radical (unpaired) electrons. The van der Waals surface area contributed by atoms with Gasteiger partial charge in [0.25, 0.3) is 5.56 Å². The van der Waals surface area contributed by atoms with E-state index in [2.05, 4.69) is 0 Å². The van der Waals surface area contributed by atoms with Gasteiger partial charge in [-0.1, -0.05) is 0 Å². The van der Waals surface area contributed by atoms with Crippen molar-refractivity contribution in [3.8, 4) is 5.69 Å². The summed E-state index contributed by atoms with van der Waals surface area (Å²) in [7, 11) is 0. The third kappa shape index (κ3) is 2.81. The highest BCUT2D eigenvalue weighted by Crippen LogP contribution is 2.29. The summed E-state index contributed by atoms with van der Waals surface area (Å²) in [5.41, 5.74) is -1.48. The summed E-state index contributed by atoms with van der Waals surface area (Å²) in [6.45, 7) is 1.56. The monoisotopic (exact) mass is 297 g/mol. The molecule has 2 aromatic rings. The lowest BCUT2D eigenvalue weighted by atomic mass is 10.1. The first-order valence-corrected chi connectivity index (χ1v) is 5.85. The molecule has 0 amide bonds. The molecular formula is C14H10F3NO3. The Morgan fingerprint density at radius 2 is 1.67 bits per heavy atom. The number of carbonyl (C=O) groups is 1. The van der Waals surface area contributed by atoms with E-state index in [-0.39, 0.29) is 5.69 Å². The molecule has 0 saturated heterocycles. The van der Waals surface area contributed by atoms with E-state index in [4.69, 9.17) is 5.11 Å². The maximum absolute atomic E-state index is 12.5. The molecule has 0 atom stereocenters. The molecule has 0 aliphatic carbocycles. The maximum atomic E-state index is 12.5. The summed E-state index contributed by atoms with van der Waals surface area (Å²) in [6, 6.07) is 6.53. The van der Waals surface area contributed by atoms with Crippen LogP contribution in [0.25, 0.3) is 5.69 Å². The fraction of sp³-hybridized carbons (Fsp3) is 0.143. The molecule has 2 rings (SSSR count). The fourth-order valence-electron chi connectivity index (χ4n) is 1.91. The van der Waals surface area contributed by atoms with Gasteiger partial charge in [0, 0.05) is 11.4 Å². The summed E-state index contributed by atoms with van der Waals surface area (Å²) in [5.74, 6) is -1.39. The Kier molecular flexibility index (Phi) is 3.59. The number of benzene rings is 1. The van der Waals surface area contributed by atoms with E-state index in [0.717, 1.165) is 28.8 Å². The van der Waals surface area contributed by atoms with Crippen molar-refractivity contribution in [2.24, 2.45) is 0 Å². The Labute approximate surface area is 117 Å². The van der Waals surface area contributed by atoms with Crippen molar-refractivity contribution in [3.63, 3.8) is 0 Å². The van der Waals surface area contributed by atoms with Crippen molar-refractivity contribution in [2.45, 2.75) is 13.1 Å². The van der Waals surface area contributed by atoms with E-state index in [0.29, 0.717) is 5.69 Å². The van der Waals surface area contributed by atoms with E-state index in [1.54, 1.807) is 6.92 Å². The summed E-state index contributed by atoms with van der Waals surface area (Å²) in [5, 5.41) is 8.92. The summed E-state index contributed by atoms with van der Waals surface area (Å²) < 4.78 is 38.6. The van der Waals surface area contributed by atoms with Crippen molar-refractivity contribution in [2.75, 3.05) is 0 Å². The van der Waals surface area contributed by atoms with Crippen molar-refractivity contribution in [3.05, 3.63) is 63.6 Å². The number of hydrogen-bond acceptors (Lipinski definition) is 2. The minimum absolute atomic E-state index is 0.175. The van der Waals surface area contributed by atoms with E-state index in [1.165, 1.54) is 12.1 Å². The minimum Gasteiger partial charge on any atom is -0.477 e. The van der Waals surface area contributed by atoms with Gasteiger partial charge in [0.05, 0.1) is 5.56 Å². The molecule has 0 fully saturated rings. The second-order valence-corrected chi connectivity index (χ2v) is 4.38. The van der Waals surface area contributed by atoms with Gasteiger partial charge in [-0.3, -0.25) is 9.36 Å². The quantitative estimate of drug-likeness (QED) is 0.927. The summed E-state index contributed by atoms with van der Waals surface area (Å²) in [4.78, 5) is 23.0. The number of hydrogen-bond donors (Lipinski definition) is 1. The highest BCUT2D eigenvalue weighted by molar-refractivity contribution is 5.87. The van der Waals surface area contributed by atoms with Crippen molar-refractivity contribution in [1.82, 2.24) is 4.57 Å². The van der Waals surface area contributed by atoms with Crippen LogP contribution in [-0.2, 0) is 6.18 Å². The Morgan fingerprint density at radius 1 is 1.10 bits per heavy atom. The highest BCUT2D eigenvalue weighted by atomic mass is 19.4. The molecule has 0 aliphatic heterocycles. The summed E-state index contributed by atoms with van der Waals surface area (Å²) >= 11 is 0. The lowest BCUT2D eigenvalue weighted by Crippen LogP contribution is -2.26. The molecule has 0 bridgehead atoms. The molecule has 1 N–H and O–H groups in total. The Hall–Kier alpha value is -2.57. The maximum Gasteiger partial charge on any atom is 0.416 e. The molecule has 7 heteroatoms. The van der Waals surface area contributed by atoms with E-state index in [1.807, 2.05) is 0 Å². The van der Waals surface area contributed by atoms with Crippen molar-refractivity contribution < 1.29 is 23.1 Å². The Balaban J connectivity index is 2.60. The van der Waals surface area contributed by atoms with Crippen LogP contribution in [0.2, 0.25) is 0 Å². The van der Waals surface area contributed by atoms with Gasteiger partial charge in [-0.15, -0.1) is 0 Å². The molecule has 0 spiro atoms. The smallest absolute Gasteiger partial charge is 0.416 e. The van der Waals surface area contributed by atoms with E-state index >= 15 is 0 Å². The molecule has 21 heavy (non-hydrogen) atoms. The number of nitrogens with zero attached hydrogens (tertiary/aromatic N) is 1. The fourth-order valence-corrected chi connectivity index (χ4v) is 1.91. The van der Waals surface area contributed by atoms with Gasteiger partial charge in [-0.25, -0.2) is 4.79 Å². The average molecular weight is 297 g/mol. The largest absolute Gasteiger partial charge is 0.477 e. The van der Waals surface area contributed by atoms with Gasteiger partial charge in [0.2, 0.25) is 0 Å². The van der Waals surface area contributed by atoms with Gasteiger partial charge >= 0.3 is 12.1 Å². The van der Waals surface area contributed by atoms with Gasteiger partial charge in [-0.05, 0) is 43.3 Å². The molecule has 4 nitrogen and oxygen atoms in total. The molecule has 1 aromatic carbocycles. The molecule has 0 saturated carbocycles. The highest BCUT2D eigenvalue weighted by Gasteiger charge is 2.30. The number of aromatic nitrogens is 1. The molecule has 0 aliphatic rings. The zero-order valence-corrected chi connectivity index (χ0v) is 10.8. The predicted molar refractivity (Wildman–Crippen MR) is 68.7 cm³/mol. The lowest BCUT2D eigenvalue weighted by Gasteiger charge is -2.12. The number of carboxylic acids is 1. The van der Waals surface area contributed by atoms with Crippen LogP contribution >= 0.6 is 0 Å². The molecule has 1 heterocycles. The minimum atomic E-state index is -4.47. The first-order chi connectivity index (χ1) is 9.71. The normalized spacial score (nSPS) is 11.4. The van der Waals surface area contributed by atoms with Crippen LogP contribution in [0.3, 0.4) is 0 Å². The van der Waals surface area contributed by atoms with Gasteiger partial charge in [-0.2, -0.15) is 13.2 Å². The Bertz CT molecular complexity index is 746. The third-order valence-corrected chi connectivity index (χ3v) is 2.96. The average Bonchev–Trinajstić information content (AvgIpc) is 2.38. The summed E-state index contributed by atoms with van der Waals surface area (Å²) in [6.07, 6.45) is -4.47. The van der Waals surface area contributed by atoms with Crippen LogP contribution in [0.4, 0.5) is 13.2 Å². The Morgan fingerprint density at radius 3 is 2.14 bits per heavy atom. The predicted octanol–water partition coefficient (Wildman–Crippen LogP) is 2.86. The van der Waals surface area contributed by atoms with Crippen molar-refractivity contribution in [1.29, 1.82) is 0 Å². The van der Waals surface area contributed by atoms with E-state index < -0.39 is 28.8 Å². The van der Waals surface area contributed by atoms with Crippen LogP contribution < -0.4 is 5.56 Å². The number of alkyl halides is 3. The van der Waals surface area contributed by atoms with Crippen LogP contribution in [0, 0.1) is 6.92 Å². The van der Waals surface area contributed by atoms with Crippen LogP contribution in [-0.4, -0.2) is 15.6 Å². The number of halogens is 3. The zero-order valence-electron chi connectivity index (χ0n) is 10.8.